The summed E-state index contributed by atoms with van der Waals surface area (Å²) in [5.74, 6) is -0.635. The van der Waals surface area contributed by atoms with Crippen molar-refractivity contribution in [2.75, 3.05) is 20.2 Å². The molecule has 0 amide bonds. The lowest BCUT2D eigenvalue weighted by molar-refractivity contribution is -0.150. The molecule has 7 nitrogen and oxygen atoms in total. The molecule has 1 aliphatic heterocycles. The molecule has 3 aromatic rings. The van der Waals surface area contributed by atoms with Crippen molar-refractivity contribution in [2.24, 2.45) is 5.73 Å². The maximum absolute atomic E-state index is 13.9. The van der Waals surface area contributed by atoms with Gasteiger partial charge in [-0.25, -0.2) is 9.37 Å². The molecule has 0 bridgehead atoms. The second-order valence-corrected chi connectivity index (χ2v) is 7.82. The van der Waals surface area contributed by atoms with E-state index in [9.17, 15) is 14.0 Å². The molecule has 2 aliphatic rings. The van der Waals surface area contributed by atoms with Crippen LogP contribution < -0.4 is 10.5 Å². The molecule has 0 radical (unpaired) electrons. The lowest BCUT2D eigenvalue weighted by Gasteiger charge is -2.40. The van der Waals surface area contributed by atoms with Crippen LogP contribution in [-0.4, -0.2) is 58.7 Å². The molecule has 1 aliphatic carbocycles. The molecule has 3 N–H and O–H groups in total. The summed E-state index contributed by atoms with van der Waals surface area (Å²) in [5, 5.41) is 0.867. The highest BCUT2D eigenvalue weighted by Crippen LogP contribution is 2.36. The van der Waals surface area contributed by atoms with Crippen molar-refractivity contribution < 1.29 is 18.7 Å². The summed E-state index contributed by atoms with van der Waals surface area (Å²) in [6.07, 6.45) is 4.43. The van der Waals surface area contributed by atoms with Crippen LogP contribution in [0, 0.1) is 5.82 Å². The second-order valence-electron chi connectivity index (χ2n) is 7.82. The standard InChI is InChI=1S/C23H21FN4O3/c1-31-18-3-2-13(24)10-15(18)14-4-7-26-23-16(14)11-17(27-23)12-5-8-28(9-6-12)20-19(25)21(29)22(20)30/h2-5,7,10-11,19-20H,6,8-9,25H2,1H3,(H,26,27). The Balaban J connectivity index is 1.47. The largest absolute Gasteiger partial charge is 0.496 e. The normalized spacial score (nSPS) is 21.8. The Morgan fingerprint density at radius 3 is 2.74 bits per heavy atom. The summed E-state index contributed by atoms with van der Waals surface area (Å²) < 4.78 is 19.4. The number of carbonyl (C=O) groups excluding carboxylic acids is 2. The fraction of sp³-hybridized carbons (Fsp3) is 0.261. The predicted molar refractivity (Wildman–Crippen MR) is 114 cm³/mol. The van der Waals surface area contributed by atoms with Crippen LogP contribution >= 0.6 is 0 Å². The van der Waals surface area contributed by atoms with Crippen LogP contribution in [0.15, 0.2) is 42.6 Å². The van der Waals surface area contributed by atoms with Gasteiger partial charge in [0.25, 0.3) is 0 Å². The van der Waals surface area contributed by atoms with Gasteiger partial charge in [0.05, 0.1) is 19.2 Å². The van der Waals surface area contributed by atoms with E-state index in [2.05, 4.69) is 9.97 Å². The average molecular weight is 420 g/mol. The molecule has 0 spiro atoms. The number of aromatic amines is 1. The minimum atomic E-state index is -0.719. The van der Waals surface area contributed by atoms with Crippen molar-refractivity contribution in [3.63, 3.8) is 0 Å². The zero-order chi connectivity index (χ0) is 21.7. The van der Waals surface area contributed by atoms with E-state index >= 15 is 0 Å². The Labute approximate surface area is 177 Å². The van der Waals surface area contributed by atoms with E-state index in [1.807, 2.05) is 23.1 Å². The van der Waals surface area contributed by atoms with Crippen molar-refractivity contribution in [2.45, 2.75) is 18.5 Å². The molecule has 5 rings (SSSR count). The number of aromatic nitrogens is 2. The molecule has 1 aromatic carbocycles. The SMILES string of the molecule is COc1ccc(F)cc1-c1ccnc2[nH]c(C3=CCN(C4C(=O)C(=O)C4N)CC3)cc12. The first-order chi connectivity index (χ1) is 15.0. The molecule has 3 heterocycles. The number of nitrogens with one attached hydrogen (secondary N) is 1. The number of hydrogen-bond acceptors (Lipinski definition) is 6. The van der Waals surface area contributed by atoms with Gasteiger partial charge in [-0.1, -0.05) is 6.08 Å². The number of nitrogens with zero attached hydrogens (tertiary/aromatic N) is 2. The molecule has 8 heteroatoms. The number of H-pyrrole nitrogens is 1. The summed E-state index contributed by atoms with van der Waals surface area (Å²) in [7, 11) is 1.56. The molecular formula is C23H21FN4O3. The van der Waals surface area contributed by atoms with E-state index in [4.69, 9.17) is 10.5 Å². The van der Waals surface area contributed by atoms with Crippen molar-refractivity contribution in [1.29, 1.82) is 0 Å². The number of pyridine rings is 1. The van der Waals surface area contributed by atoms with E-state index < -0.39 is 23.7 Å². The summed E-state index contributed by atoms with van der Waals surface area (Å²) in [6, 6.07) is 7.05. The minimum Gasteiger partial charge on any atom is -0.496 e. The van der Waals surface area contributed by atoms with Gasteiger partial charge >= 0.3 is 0 Å². The fourth-order valence-corrected chi connectivity index (χ4v) is 4.42. The van der Waals surface area contributed by atoms with Gasteiger partial charge in [-0.15, -0.1) is 0 Å². The zero-order valence-electron chi connectivity index (χ0n) is 16.9. The molecule has 1 saturated carbocycles. The van der Waals surface area contributed by atoms with Crippen LogP contribution in [0.5, 0.6) is 5.75 Å². The molecule has 2 atom stereocenters. The van der Waals surface area contributed by atoms with Gasteiger partial charge in [0.1, 0.15) is 17.2 Å². The average Bonchev–Trinajstić information content (AvgIpc) is 3.24. The van der Waals surface area contributed by atoms with Crippen molar-refractivity contribution in [1.82, 2.24) is 14.9 Å². The fourth-order valence-electron chi connectivity index (χ4n) is 4.42. The van der Waals surface area contributed by atoms with E-state index in [-0.39, 0.29) is 5.82 Å². The third kappa shape index (κ3) is 3.15. The lowest BCUT2D eigenvalue weighted by Crippen LogP contribution is -2.69. The highest BCUT2D eigenvalue weighted by Gasteiger charge is 2.49. The summed E-state index contributed by atoms with van der Waals surface area (Å²) in [6.45, 7) is 1.18. The smallest absolute Gasteiger partial charge is 0.219 e. The number of fused-ring (bicyclic) bond motifs is 1. The zero-order valence-corrected chi connectivity index (χ0v) is 16.9. The van der Waals surface area contributed by atoms with Gasteiger partial charge in [0.2, 0.25) is 11.6 Å². The van der Waals surface area contributed by atoms with Gasteiger partial charge in [-0.3, -0.25) is 14.5 Å². The molecular weight excluding hydrogens is 399 g/mol. The van der Waals surface area contributed by atoms with Crippen LogP contribution in [0.1, 0.15) is 12.1 Å². The van der Waals surface area contributed by atoms with Crippen LogP contribution in [0.3, 0.4) is 0 Å². The Morgan fingerprint density at radius 2 is 2.03 bits per heavy atom. The number of methoxy groups -OCH3 is 1. The van der Waals surface area contributed by atoms with Gasteiger partial charge in [0.15, 0.2) is 0 Å². The molecule has 0 saturated heterocycles. The molecule has 2 unspecified atom stereocenters. The Morgan fingerprint density at radius 1 is 1.19 bits per heavy atom. The monoisotopic (exact) mass is 420 g/mol. The third-order valence-corrected chi connectivity index (χ3v) is 6.12. The van der Waals surface area contributed by atoms with Crippen molar-refractivity contribution >= 4 is 28.2 Å². The third-order valence-electron chi connectivity index (χ3n) is 6.12. The van der Waals surface area contributed by atoms with E-state index in [0.717, 1.165) is 22.2 Å². The van der Waals surface area contributed by atoms with E-state index in [1.54, 1.807) is 19.4 Å². The van der Waals surface area contributed by atoms with Crippen molar-refractivity contribution in [3.05, 3.63) is 54.1 Å². The molecule has 2 aromatic heterocycles. The van der Waals surface area contributed by atoms with E-state index in [1.165, 1.54) is 12.1 Å². The Kier molecular flexibility index (Phi) is 4.68. The van der Waals surface area contributed by atoms with Crippen LogP contribution in [0.2, 0.25) is 0 Å². The first kappa shape index (κ1) is 19.6. The van der Waals surface area contributed by atoms with Crippen LogP contribution in [0.25, 0.3) is 27.7 Å². The Hall–Kier alpha value is -3.36. The number of Topliss-reactive ketones (excluding diaryl/α,β-unsaturated/α-hetero) is 2. The number of rotatable bonds is 4. The van der Waals surface area contributed by atoms with E-state index in [0.29, 0.717) is 36.5 Å². The lowest BCUT2D eigenvalue weighted by atomic mass is 9.82. The number of halogens is 1. The number of nitrogens with two attached hydrogens (primary N) is 1. The van der Waals surface area contributed by atoms with Crippen molar-refractivity contribution in [3.8, 4) is 16.9 Å². The number of hydrogen-bond donors (Lipinski definition) is 2. The second kappa shape index (κ2) is 7.40. The number of ether oxygens (including phenoxy) is 1. The molecule has 1 fully saturated rings. The van der Waals surface area contributed by atoms with Gasteiger partial charge in [-0.2, -0.15) is 0 Å². The van der Waals surface area contributed by atoms with Crippen LogP contribution in [-0.2, 0) is 9.59 Å². The minimum absolute atomic E-state index is 0.339. The number of carbonyl (C=O) groups is 2. The quantitative estimate of drug-likeness (QED) is 0.628. The topological polar surface area (TPSA) is 101 Å². The van der Waals surface area contributed by atoms with Crippen LogP contribution in [0.4, 0.5) is 4.39 Å². The maximum atomic E-state index is 13.9. The molecule has 31 heavy (non-hydrogen) atoms. The summed E-state index contributed by atoms with van der Waals surface area (Å²) >= 11 is 0. The first-order valence-electron chi connectivity index (χ1n) is 10.1. The van der Waals surface area contributed by atoms with Gasteiger partial charge < -0.3 is 15.5 Å². The van der Waals surface area contributed by atoms with Gasteiger partial charge in [-0.05, 0) is 47.9 Å². The summed E-state index contributed by atoms with van der Waals surface area (Å²) in [4.78, 5) is 33.0. The maximum Gasteiger partial charge on any atom is 0.219 e. The predicted octanol–water partition coefficient (Wildman–Crippen LogP) is 2.31. The highest BCUT2D eigenvalue weighted by molar-refractivity contribution is 6.48. The summed E-state index contributed by atoms with van der Waals surface area (Å²) in [5.41, 5.74) is 10.0. The highest BCUT2D eigenvalue weighted by atomic mass is 19.1. The Bertz CT molecular complexity index is 1250. The number of ketones is 2. The molecule has 158 valence electrons. The number of benzene rings is 1. The van der Waals surface area contributed by atoms with Gasteiger partial charge in [0, 0.05) is 35.9 Å². The first-order valence-corrected chi connectivity index (χ1v) is 10.1.